The third kappa shape index (κ3) is 8.87. The summed E-state index contributed by atoms with van der Waals surface area (Å²) in [7, 11) is 0. The minimum atomic E-state index is -0.764. The van der Waals surface area contributed by atoms with E-state index in [0.29, 0.717) is 6.61 Å². The molecule has 2 N–H and O–H groups in total. The highest BCUT2D eigenvalue weighted by molar-refractivity contribution is 5.70. The van der Waals surface area contributed by atoms with Crippen molar-refractivity contribution in [3.63, 3.8) is 0 Å². The number of ether oxygens (including phenoxy) is 2. The molecule has 2 aromatic carbocycles. The molecule has 0 aliphatic heterocycles. The molecule has 0 spiro atoms. The van der Waals surface area contributed by atoms with E-state index in [1.54, 1.807) is 0 Å². The van der Waals surface area contributed by atoms with E-state index >= 15 is 0 Å². The van der Waals surface area contributed by atoms with Crippen LogP contribution >= 0.6 is 0 Å². The standard InChI is InChI=1S/C31H41NO4/c1-3-5-18-31(19-11-13-25(24-31)22-30(33)34)32-20-9-10-21-35-29-17-16-28(23-26(29)12-4-2)36-27-14-7-6-8-15-27/h6-8,11,13-17,19,23,32H,3-5,9-10,12,18,20-22,24H2,1-2H3,(H,33,34). The van der Waals surface area contributed by atoms with Crippen LogP contribution in [0.5, 0.6) is 17.2 Å². The van der Waals surface area contributed by atoms with E-state index in [-0.39, 0.29) is 12.0 Å². The van der Waals surface area contributed by atoms with Gasteiger partial charge in [-0.15, -0.1) is 0 Å². The van der Waals surface area contributed by atoms with Crippen LogP contribution in [-0.2, 0) is 11.2 Å². The van der Waals surface area contributed by atoms with Crippen LogP contribution in [0.15, 0.2) is 72.3 Å². The van der Waals surface area contributed by atoms with Crippen molar-refractivity contribution in [3.05, 3.63) is 77.9 Å². The van der Waals surface area contributed by atoms with Crippen LogP contribution in [0.1, 0.15) is 70.8 Å². The van der Waals surface area contributed by atoms with Gasteiger partial charge in [-0.3, -0.25) is 4.79 Å². The molecule has 0 fully saturated rings. The van der Waals surface area contributed by atoms with Gasteiger partial charge < -0.3 is 19.9 Å². The molecule has 0 amide bonds. The Morgan fingerprint density at radius 2 is 1.86 bits per heavy atom. The molecule has 0 bridgehead atoms. The van der Waals surface area contributed by atoms with Gasteiger partial charge in [-0.05, 0) is 74.5 Å². The summed E-state index contributed by atoms with van der Waals surface area (Å²) in [5.74, 6) is 1.83. The third-order valence-electron chi connectivity index (χ3n) is 6.48. The summed E-state index contributed by atoms with van der Waals surface area (Å²) in [5, 5.41) is 12.9. The molecule has 0 heterocycles. The number of para-hydroxylation sites is 1. The van der Waals surface area contributed by atoms with Gasteiger partial charge in [-0.1, -0.05) is 75.1 Å². The van der Waals surface area contributed by atoms with Gasteiger partial charge in [0.05, 0.1) is 13.0 Å². The van der Waals surface area contributed by atoms with Crippen molar-refractivity contribution in [1.29, 1.82) is 0 Å². The second-order valence-electron chi connectivity index (χ2n) is 9.61. The maximum atomic E-state index is 11.2. The average Bonchev–Trinajstić information content (AvgIpc) is 2.87. The van der Waals surface area contributed by atoms with E-state index in [1.807, 2.05) is 54.6 Å². The minimum Gasteiger partial charge on any atom is -0.493 e. The molecular weight excluding hydrogens is 450 g/mol. The topological polar surface area (TPSA) is 67.8 Å². The Labute approximate surface area is 216 Å². The number of aryl methyl sites for hydroxylation is 1. The highest BCUT2D eigenvalue weighted by Crippen LogP contribution is 2.31. The quantitative estimate of drug-likeness (QED) is 0.238. The molecule has 0 radical (unpaired) electrons. The van der Waals surface area contributed by atoms with Crippen LogP contribution < -0.4 is 14.8 Å². The third-order valence-corrected chi connectivity index (χ3v) is 6.48. The van der Waals surface area contributed by atoms with Crippen LogP contribution in [0.3, 0.4) is 0 Å². The Bertz CT molecular complexity index is 1010. The molecule has 1 atom stereocenters. The Balaban J connectivity index is 1.48. The van der Waals surface area contributed by atoms with E-state index in [0.717, 1.165) is 80.7 Å². The molecule has 1 unspecified atom stereocenters. The molecule has 36 heavy (non-hydrogen) atoms. The average molecular weight is 492 g/mol. The number of rotatable bonds is 16. The number of hydrogen-bond acceptors (Lipinski definition) is 4. The van der Waals surface area contributed by atoms with Crippen LogP contribution in [-0.4, -0.2) is 29.8 Å². The first-order valence-corrected chi connectivity index (χ1v) is 13.4. The number of nitrogens with one attached hydrogen (secondary N) is 1. The normalized spacial score (nSPS) is 17.0. The zero-order valence-corrected chi connectivity index (χ0v) is 21.8. The lowest BCUT2D eigenvalue weighted by Gasteiger charge is -2.35. The van der Waals surface area contributed by atoms with Crippen molar-refractivity contribution in [3.8, 4) is 17.2 Å². The number of aliphatic carboxylic acids is 1. The predicted molar refractivity (Wildman–Crippen MR) is 146 cm³/mol. The number of unbranched alkanes of at least 4 members (excludes halogenated alkanes) is 2. The van der Waals surface area contributed by atoms with Crippen LogP contribution in [0, 0.1) is 0 Å². The number of hydrogen-bond donors (Lipinski definition) is 2. The maximum Gasteiger partial charge on any atom is 0.307 e. The zero-order chi connectivity index (χ0) is 25.6. The summed E-state index contributed by atoms with van der Waals surface area (Å²) in [6, 6.07) is 15.9. The Morgan fingerprint density at radius 1 is 1.03 bits per heavy atom. The summed E-state index contributed by atoms with van der Waals surface area (Å²) < 4.78 is 12.2. The number of benzene rings is 2. The fraction of sp³-hybridized carbons (Fsp3) is 0.452. The predicted octanol–water partition coefficient (Wildman–Crippen LogP) is 7.47. The monoisotopic (exact) mass is 491 g/mol. The Hall–Kier alpha value is -3.05. The molecule has 194 valence electrons. The summed E-state index contributed by atoms with van der Waals surface area (Å²) in [6.07, 6.45) is 14.3. The number of carboxylic acids is 1. The van der Waals surface area contributed by atoms with Crippen molar-refractivity contribution < 1.29 is 19.4 Å². The van der Waals surface area contributed by atoms with Gasteiger partial charge in [-0.25, -0.2) is 0 Å². The summed E-state index contributed by atoms with van der Waals surface area (Å²) >= 11 is 0. The Morgan fingerprint density at radius 3 is 2.61 bits per heavy atom. The molecule has 0 aromatic heterocycles. The van der Waals surface area contributed by atoms with Gasteiger partial charge in [0.25, 0.3) is 0 Å². The molecule has 1 aliphatic carbocycles. The molecular formula is C31H41NO4. The summed E-state index contributed by atoms with van der Waals surface area (Å²) in [6.45, 7) is 5.91. The van der Waals surface area contributed by atoms with E-state index in [2.05, 4.69) is 31.3 Å². The molecule has 0 saturated heterocycles. The van der Waals surface area contributed by atoms with Crippen molar-refractivity contribution in [2.24, 2.45) is 0 Å². The molecule has 2 aromatic rings. The van der Waals surface area contributed by atoms with Gasteiger partial charge in [0.2, 0.25) is 0 Å². The van der Waals surface area contributed by atoms with Gasteiger partial charge >= 0.3 is 5.97 Å². The Kier molecular flexibility index (Phi) is 11.1. The lowest BCUT2D eigenvalue weighted by Crippen LogP contribution is -2.45. The fourth-order valence-corrected chi connectivity index (χ4v) is 4.68. The fourth-order valence-electron chi connectivity index (χ4n) is 4.68. The van der Waals surface area contributed by atoms with Gasteiger partial charge in [0.1, 0.15) is 17.2 Å². The van der Waals surface area contributed by atoms with E-state index < -0.39 is 5.97 Å². The van der Waals surface area contributed by atoms with E-state index in [1.165, 1.54) is 5.56 Å². The number of allylic oxidation sites excluding steroid dienone is 2. The van der Waals surface area contributed by atoms with E-state index in [4.69, 9.17) is 9.47 Å². The van der Waals surface area contributed by atoms with Crippen LogP contribution in [0.25, 0.3) is 0 Å². The largest absolute Gasteiger partial charge is 0.493 e. The zero-order valence-electron chi connectivity index (χ0n) is 21.8. The molecule has 0 saturated carbocycles. The highest BCUT2D eigenvalue weighted by Gasteiger charge is 2.29. The number of carboxylic acid groups (broad SMARTS) is 1. The minimum absolute atomic E-state index is 0.114. The number of carbonyl (C=O) groups is 1. The lowest BCUT2D eigenvalue weighted by atomic mass is 9.81. The first-order chi connectivity index (χ1) is 17.5. The maximum absolute atomic E-state index is 11.2. The molecule has 5 nitrogen and oxygen atoms in total. The lowest BCUT2D eigenvalue weighted by molar-refractivity contribution is -0.136. The van der Waals surface area contributed by atoms with Crippen LogP contribution in [0.2, 0.25) is 0 Å². The highest BCUT2D eigenvalue weighted by atomic mass is 16.5. The van der Waals surface area contributed by atoms with Crippen molar-refractivity contribution >= 4 is 5.97 Å². The van der Waals surface area contributed by atoms with Crippen molar-refractivity contribution in [2.75, 3.05) is 13.2 Å². The molecule has 1 aliphatic rings. The van der Waals surface area contributed by atoms with Crippen molar-refractivity contribution in [2.45, 2.75) is 77.2 Å². The second-order valence-corrected chi connectivity index (χ2v) is 9.61. The molecule has 5 heteroatoms. The van der Waals surface area contributed by atoms with Crippen molar-refractivity contribution in [1.82, 2.24) is 5.32 Å². The summed E-state index contributed by atoms with van der Waals surface area (Å²) in [4.78, 5) is 11.2. The SMILES string of the molecule is CCCCC1(NCCCCOc2ccc(Oc3ccccc3)cc2CCC)C=CC=C(CC(=O)O)C1. The second kappa shape index (κ2) is 14.5. The first kappa shape index (κ1) is 27.5. The summed E-state index contributed by atoms with van der Waals surface area (Å²) in [5.41, 5.74) is 2.02. The van der Waals surface area contributed by atoms with Gasteiger partial charge in [0, 0.05) is 5.54 Å². The first-order valence-electron chi connectivity index (χ1n) is 13.4. The van der Waals surface area contributed by atoms with Gasteiger partial charge in [0.15, 0.2) is 0 Å². The van der Waals surface area contributed by atoms with Crippen LogP contribution in [0.4, 0.5) is 0 Å². The smallest absolute Gasteiger partial charge is 0.307 e. The van der Waals surface area contributed by atoms with Gasteiger partial charge in [-0.2, -0.15) is 0 Å². The van der Waals surface area contributed by atoms with E-state index in [9.17, 15) is 9.90 Å². The molecule has 3 rings (SSSR count).